The van der Waals surface area contributed by atoms with Crippen molar-refractivity contribution in [3.8, 4) is 0 Å². The number of alkyl halides is 6. The van der Waals surface area contributed by atoms with Gasteiger partial charge in [0, 0.05) is 13.3 Å². The van der Waals surface area contributed by atoms with Crippen LogP contribution in [0.3, 0.4) is 0 Å². The molecule has 0 saturated heterocycles. The molecule has 0 aromatic rings. The molecule has 0 aliphatic rings. The van der Waals surface area contributed by atoms with Crippen molar-refractivity contribution >= 4 is 0 Å². The Bertz CT molecular complexity index is 168. The minimum Gasteiger partial charge on any atom is -0.200 e. The summed E-state index contributed by atoms with van der Waals surface area (Å²) in [7, 11) is 0. The van der Waals surface area contributed by atoms with Crippen LogP contribution >= 0.6 is 0 Å². The lowest BCUT2D eigenvalue weighted by Crippen LogP contribution is -2.52. The molecule has 0 aromatic carbocycles. The van der Waals surface area contributed by atoms with Gasteiger partial charge in [-0.25, -0.2) is 0 Å². The first-order valence-electron chi connectivity index (χ1n) is 3.49. The summed E-state index contributed by atoms with van der Waals surface area (Å²) in [6.45, 7) is 2.68. The predicted octanol–water partition coefficient (Wildman–Crippen LogP) is 3.53. The van der Waals surface area contributed by atoms with Crippen molar-refractivity contribution < 1.29 is 26.3 Å². The molecule has 79 valence electrons. The van der Waals surface area contributed by atoms with Crippen LogP contribution in [0.2, 0.25) is 0 Å². The number of halogens is 6. The zero-order valence-electron chi connectivity index (χ0n) is 6.89. The summed E-state index contributed by atoms with van der Waals surface area (Å²) in [5, 5.41) is 0. The van der Waals surface area contributed by atoms with Gasteiger partial charge in [-0.2, -0.15) is 26.3 Å². The smallest absolute Gasteiger partial charge is 0.200 e. The topological polar surface area (TPSA) is 0 Å². The van der Waals surface area contributed by atoms with Crippen molar-refractivity contribution in [3.05, 3.63) is 6.92 Å². The third-order valence-corrected chi connectivity index (χ3v) is 1.50. The molecular weight excluding hydrogens is 198 g/mol. The highest BCUT2D eigenvalue weighted by Gasteiger charge is 2.68. The largest absolute Gasteiger partial charge is 0.371 e. The Kier molecular flexibility index (Phi) is 3.27. The average Bonchev–Trinajstić information content (AvgIpc) is 1.84. The molecular formula is C7H9F6. The Morgan fingerprint density at radius 3 is 1.62 bits per heavy atom. The third kappa shape index (κ3) is 2.28. The van der Waals surface area contributed by atoms with Gasteiger partial charge in [-0.3, -0.25) is 0 Å². The maximum absolute atomic E-state index is 12.4. The first kappa shape index (κ1) is 12.6. The van der Waals surface area contributed by atoms with Gasteiger partial charge in [-0.15, -0.1) is 0 Å². The van der Waals surface area contributed by atoms with Crippen LogP contribution in [0, 0.1) is 6.92 Å². The van der Waals surface area contributed by atoms with Crippen LogP contribution in [0.15, 0.2) is 0 Å². The van der Waals surface area contributed by atoms with E-state index in [9.17, 15) is 26.3 Å². The summed E-state index contributed by atoms with van der Waals surface area (Å²) >= 11 is 0. The van der Waals surface area contributed by atoms with E-state index < -0.39 is 30.6 Å². The molecule has 0 saturated carbocycles. The Labute approximate surface area is 71.9 Å². The Morgan fingerprint density at radius 2 is 1.38 bits per heavy atom. The van der Waals surface area contributed by atoms with Crippen LogP contribution in [0.25, 0.3) is 0 Å². The molecule has 6 heteroatoms. The van der Waals surface area contributed by atoms with Gasteiger partial charge in [0.05, 0.1) is 0 Å². The van der Waals surface area contributed by atoms with Gasteiger partial charge >= 0.3 is 17.8 Å². The maximum Gasteiger partial charge on any atom is 0.371 e. The van der Waals surface area contributed by atoms with Crippen LogP contribution < -0.4 is 0 Å². The van der Waals surface area contributed by atoms with E-state index in [2.05, 4.69) is 6.92 Å². The molecule has 0 fully saturated rings. The van der Waals surface area contributed by atoms with Crippen LogP contribution in [0.5, 0.6) is 0 Å². The molecule has 0 heterocycles. The summed E-state index contributed by atoms with van der Waals surface area (Å²) in [5.41, 5.74) is 0. The minimum atomic E-state index is -5.32. The van der Waals surface area contributed by atoms with Crippen molar-refractivity contribution in [2.45, 2.75) is 37.5 Å². The lowest BCUT2D eigenvalue weighted by Gasteiger charge is -2.30. The summed E-state index contributed by atoms with van der Waals surface area (Å²) in [6, 6.07) is 0. The predicted molar refractivity (Wildman–Crippen MR) is 35.1 cm³/mol. The summed E-state index contributed by atoms with van der Waals surface area (Å²) in [4.78, 5) is 0. The zero-order valence-corrected chi connectivity index (χ0v) is 6.89. The first-order valence-corrected chi connectivity index (χ1v) is 3.49. The molecule has 0 rings (SSSR count). The summed E-state index contributed by atoms with van der Waals surface area (Å²) in [6.07, 6.45) is -1.89. The van der Waals surface area contributed by atoms with E-state index in [-0.39, 0.29) is 6.92 Å². The minimum absolute atomic E-state index is 0.232. The zero-order chi connectivity index (χ0) is 10.9. The Morgan fingerprint density at radius 1 is 1.00 bits per heavy atom. The van der Waals surface area contributed by atoms with Gasteiger partial charge in [0.25, 0.3) is 0 Å². The second-order valence-electron chi connectivity index (χ2n) is 2.77. The van der Waals surface area contributed by atoms with E-state index in [1.54, 1.807) is 0 Å². The van der Waals surface area contributed by atoms with E-state index in [0.717, 1.165) is 0 Å². The molecule has 0 atom stereocenters. The maximum atomic E-state index is 12.4. The molecule has 0 aliphatic carbocycles. The monoisotopic (exact) mass is 207 g/mol. The number of hydrogen-bond acceptors (Lipinski definition) is 0. The number of rotatable bonds is 4. The van der Waals surface area contributed by atoms with E-state index >= 15 is 0 Å². The number of hydrogen-bond donors (Lipinski definition) is 0. The van der Waals surface area contributed by atoms with Crippen molar-refractivity contribution in [2.24, 2.45) is 0 Å². The molecule has 0 nitrogen and oxygen atoms in total. The van der Waals surface area contributed by atoms with Crippen molar-refractivity contribution in [3.63, 3.8) is 0 Å². The van der Waals surface area contributed by atoms with E-state index in [1.807, 2.05) is 0 Å². The van der Waals surface area contributed by atoms with Gasteiger partial charge in [0.15, 0.2) is 0 Å². The van der Waals surface area contributed by atoms with Crippen LogP contribution in [-0.2, 0) is 0 Å². The van der Waals surface area contributed by atoms with Gasteiger partial charge in [0.2, 0.25) is 0 Å². The first-order chi connectivity index (χ1) is 5.56. The lowest BCUT2D eigenvalue weighted by atomic mass is 10.0. The second-order valence-corrected chi connectivity index (χ2v) is 2.77. The fraction of sp³-hybridized carbons (Fsp3) is 0.857. The second kappa shape index (κ2) is 3.38. The molecule has 0 bridgehead atoms. The average molecular weight is 207 g/mol. The fourth-order valence-corrected chi connectivity index (χ4v) is 0.700. The van der Waals surface area contributed by atoms with Crippen LogP contribution in [-0.4, -0.2) is 17.8 Å². The highest BCUT2D eigenvalue weighted by molar-refractivity contribution is 4.93. The van der Waals surface area contributed by atoms with Crippen molar-refractivity contribution in [1.82, 2.24) is 0 Å². The van der Waals surface area contributed by atoms with E-state index in [1.165, 1.54) is 0 Å². The molecule has 0 spiro atoms. The van der Waals surface area contributed by atoms with Gasteiger partial charge < -0.3 is 0 Å². The van der Waals surface area contributed by atoms with Crippen LogP contribution in [0.1, 0.15) is 19.8 Å². The molecule has 0 unspecified atom stereocenters. The van der Waals surface area contributed by atoms with E-state index in [4.69, 9.17) is 0 Å². The molecule has 1 radical (unpaired) electrons. The molecule has 0 aromatic heterocycles. The fourth-order valence-electron chi connectivity index (χ4n) is 0.700. The van der Waals surface area contributed by atoms with Crippen molar-refractivity contribution in [1.29, 1.82) is 0 Å². The standard InChI is InChI=1S/C7H9F6/c1-3-4-6(10,11)7(12,13)5(2,8)9/h1,3-4H2,2H3. The quantitative estimate of drug-likeness (QED) is 0.618. The lowest BCUT2D eigenvalue weighted by molar-refractivity contribution is -0.304. The third-order valence-electron chi connectivity index (χ3n) is 1.50. The molecule has 0 aliphatic heterocycles. The normalized spacial score (nSPS) is 14.8. The SMILES string of the molecule is [CH2]CCC(F)(F)C(F)(F)C(C)(F)F. The highest BCUT2D eigenvalue weighted by atomic mass is 19.3. The van der Waals surface area contributed by atoms with Gasteiger partial charge in [-0.05, 0) is 6.42 Å². The van der Waals surface area contributed by atoms with Crippen LogP contribution in [0.4, 0.5) is 26.3 Å². The molecule has 0 amide bonds. The van der Waals surface area contributed by atoms with E-state index in [0.29, 0.717) is 0 Å². The highest BCUT2D eigenvalue weighted by Crippen LogP contribution is 2.47. The Balaban J connectivity index is 4.81. The van der Waals surface area contributed by atoms with Gasteiger partial charge in [-0.1, -0.05) is 6.92 Å². The van der Waals surface area contributed by atoms with Crippen molar-refractivity contribution in [2.75, 3.05) is 0 Å². The van der Waals surface area contributed by atoms with Gasteiger partial charge in [0.1, 0.15) is 0 Å². The molecule has 13 heavy (non-hydrogen) atoms. The Hall–Kier alpha value is -0.420. The summed E-state index contributed by atoms with van der Waals surface area (Å²) in [5.74, 6) is -14.8. The molecule has 0 N–H and O–H groups in total. The summed E-state index contributed by atoms with van der Waals surface area (Å²) < 4.78 is 73.7.